The number of nitrogens with one attached hydrogen (secondary N) is 1. The summed E-state index contributed by atoms with van der Waals surface area (Å²) in [5.74, 6) is 0.872. The van der Waals surface area contributed by atoms with E-state index in [0.717, 1.165) is 24.2 Å². The molecule has 0 saturated heterocycles. The third kappa shape index (κ3) is 2.29. The number of hydrogen-bond donors (Lipinski definition) is 2. The Bertz CT molecular complexity index is 315. The molecule has 0 unspecified atom stereocenters. The molecule has 1 aliphatic rings. The monoisotopic (exact) mass is 206 g/mol. The van der Waals surface area contributed by atoms with Gasteiger partial charge in [0.05, 0.1) is 12.1 Å². The normalized spacial score (nSPS) is 19.1. The van der Waals surface area contributed by atoms with E-state index in [9.17, 15) is 5.11 Å². The molecular weight excluding hydrogens is 188 g/mol. The largest absolute Gasteiger partial charge is 0.394 e. The lowest BCUT2D eigenvalue weighted by Gasteiger charge is -2.28. The second-order valence-electron chi connectivity index (χ2n) is 4.49. The lowest BCUT2D eigenvalue weighted by atomic mass is 9.99. The van der Waals surface area contributed by atoms with Crippen molar-refractivity contribution in [1.29, 1.82) is 0 Å². The second-order valence-corrected chi connectivity index (χ2v) is 4.49. The molecule has 1 aliphatic carbocycles. The standard InChI is InChI=1S/C12H18N2O/c1-10-4-5-11(13-8-10)14-12(9-15)6-2-3-7-12/h4-5,8,15H,2-3,6-7,9H2,1H3,(H,13,14). The number of hydrogen-bond acceptors (Lipinski definition) is 3. The molecule has 1 aromatic heterocycles. The van der Waals surface area contributed by atoms with E-state index in [-0.39, 0.29) is 12.1 Å². The molecular formula is C12H18N2O. The summed E-state index contributed by atoms with van der Waals surface area (Å²) < 4.78 is 0. The summed E-state index contributed by atoms with van der Waals surface area (Å²) >= 11 is 0. The van der Waals surface area contributed by atoms with Crippen LogP contribution in [0.3, 0.4) is 0 Å². The first-order valence-corrected chi connectivity index (χ1v) is 5.56. The molecule has 3 heteroatoms. The Morgan fingerprint density at radius 2 is 2.13 bits per heavy atom. The van der Waals surface area contributed by atoms with Gasteiger partial charge >= 0.3 is 0 Å². The van der Waals surface area contributed by atoms with Gasteiger partial charge in [0.15, 0.2) is 0 Å². The number of aromatic nitrogens is 1. The Kier molecular flexibility index (Phi) is 2.91. The molecule has 1 heterocycles. The van der Waals surface area contributed by atoms with Crippen LogP contribution in [0.1, 0.15) is 31.2 Å². The van der Waals surface area contributed by atoms with Crippen LogP contribution in [0.4, 0.5) is 5.82 Å². The van der Waals surface area contributed by atoms with Crippen LogP contribution >= 0.6 is 0 Å². The topological polar surface area (TPSA) is 45.1 Å². The van der Waals surface area contributed by atoms with Crippen molar-refractivity contribution in [3.05, 3.63) is 23.9 Å². The number of rotatable bonds is 3. The average Bonchev–Trinajstić information content (AvgIpc) is 2.71. The highest BCUT2D eigenvalue weighted by molar-refractivity contribution is 5.39. The van der Waals surface area contributed by atoms with E-state index in [1.54, 1.807) is 0 Å². The molecule has 1 fully saturated rings. The van der Waals surface area contributed by atoms with Crippen LogP contribution in [0.5, 0.6) is 0 Å². The van der Waals surface area contributed by atoms with Gasteiger partial charge in [0.1, 0.15) is 5.82 Å². The predicted molar refractivity (Wildman–Crippen MR) is 60.9 cm³/mol. The van der Waals surface area contributed by atoms with Crippen LogP contribution in [-0.2, 0) is 0 Å². The maximum atomic E-state index is 9.44. The molecule has 0 bridgehead atoms. The summed E-state index contributed by atoms with van der Waals surface area (Å²) in [6, 6.07) is 4.01. The van der Waals surface area contributed by atoms with Crippen molar-refractivity contribution in [2.45, 2.75) is 38.1 Å². The van der Waals surface area contributed by atoms with E-state index >= 15 is 0 Å². The minimum absolute atomic E-state index is 0.123. The molecule has 1 aromatic rings. The Hall–Kier alpha value is -1.09. The average molecular weight is 206 g/mol. The van der Waals surface area contributed by atoms with Crippen LogP contribution in [0.15, 0.2) is 18.3 Å². The van der Waals surface area contributed by atoms with Gasteiger partial charge in [0.25, 0.3) is 0 Å². The van der Waals surface area contributed by atoms with Crippen LogP contribution in [0.2, 0.25) is 0 Å². The van der Waals surface area contributed by atoms with Gasteiger partial charge in [-0.05, 0) is 31.4 Å². The number of aliphatic hydroxyl groups is 1. The molecule has 0 amide bonds. The molecule has 3 nitrogen and oxygen atoms in total. The van der Waals surface area contributed by atoms with Crippen LogP contribution in [0.25, 0.3) is 0 Å². The fourth-order valence-corrected chi connectivity index (χ4v) is 2.19. The molecule has 0 aromatic carbocycles. The fourth-order valence-electron chi connectivity index (χ4n) is 2.19. The molecule has 15 heavy (non-hydrogen) atoms. The SMILES string of the molecule is Cc1ccc(NC2(CO)CCCC2)nc1. The van der Waals surface area contributed by atoms with Crippen LogP contribution < -0.4 is 5.32 Å². The highest BCUT2D eigenvalue weighted by atomic mass is 16.3. The molecule has 0 radical (unpaired) electrons. The maximum Gasteiger partial charge on any atom is 0.126 e. The number of anilines is 1. The van der Waals surface area contributed by atoms with Crippen LogP contribution in [0, 0.1) is 6.92 Å². The lowest BCUT2D eigenvalue weighted by molar-refractivity contribution is 0.214. The summed E-state index contributed by atoms with van der Waals surface area (Å²) in [7, 11) is 0. The van der Waals surface area contributed by atoms with Crippen molar-refractivity contribution in [3.63, 3.8) is 0 Å². The Morgan fingerprint density at radius 3 is 2.67 bits per heavy atom. The van der Waals surface area contributed by atoms with Crippen LogP contribution in [-0.4, -0.2) is 22.2 Å². The Morgan fingerprint density at radius 1 is 1.40 bits per heavy atom. The van der Waals surface area contributed by atoms with Crippen molar-refractivity contribution in [2.24, 2.45) is 0 Å². The third-order valence-corrected chi connectivity index (χ3v) is 3.17. The van der Waals surface area contributed by atoms with Crippen molar-refractivity contribution in [3.8, 4) is 0 Å². The lowest BCUT2D eigenvalue weighted by Crippen LogP contribution is -2.39. The minimum Gasteiger partial charge on any atom is -0.394 e. The first-order valence-electron chi connectivity index (χ1n) is 5.56. The van der Waals surface area contributed by atoms with Crippen molar-refractivity contribution in [2.75, 3.05) is 11.9 Å². The van der Waals surface area contributed by atoms with E-state index in [2.05, 4.69) is 10.3 Å². The van der Waals surface area contributed by atoms with Gasteiger partial charge in [0.2, 0.25) is 0 Å². The highest BCUT2D eigenvalue weighted by Gasteiger charge is 2.33. The summed E-state index contributed by atoms with van der Waals surface area (Å²) in [6.07, 6.45) is 6.32. The Labute approximate surface area is 90.5 Å². The van der Waals surface area contributed by atoms with Gasteiger partial charge in [0, 0.05) is 6.20 Å². The summed E-state index contributed by atoms with van der Waals surface area (Å²) in [4.78, 5) is 4.31. The maximum absolute atomic E-state index is 9.44. The van der Waals surface area contributed by atoms with Crippen molar-refractivity contribution in [1.82, 2.24) is 4.98 Å². The molecule has 1 saturated carbocycles. The van der Waals surface area contributed by atoms with Gasteiger partial charge in [-0.2, -0.15) is 0 Å². The molecule has 0 aliphatic heterocycles. The summed E-state index contributed by atoms with van der Waals surface area (Å²) in [6.45, 7) is 2.22. The summed E-state index contributed by atoms with van der Waals surface area (Å²) in [5, 5.41) is 12.8. The zero-order valence-corrected chi connectivity index (χ0v) is 9.16. The van der Waals surface area contributed by atoms with Gasteiger partial charge in [-0.3, -0.25) is 0 Å². The Balaban J connectivity index is 2.09. The zero-order chi connectivity index (χ0) is 10.7. The number of aliphatic hydroxyl groups excluding tert-OH is 1. The molecule has 0 atom stereocenters. The van der Waals surface area contributed by atoms with E-state index in [4.69, 9.17) is 0 Å². The quantitative estimate of drug-likeness (QED) is 0.796. The second kappa shape index (κ2) is 4.19. The number of nitrogens with zero attached hydrogens (tertiary/aromatic N) is 1. The van der Waals surface area contributed by atoms with E-state index < -0.39 is 0 Å². The molecule has 2 rings (SSSR count). The van der Waals surface area contributed by atoms with E-state index in [1.165, 1.54) is 12.8 Å². The highest BCUT2D eigenvalue weighted by Crippen LogP contribution is 2.32. The number of aryl methyl sites for hydroxylation is 1. The summed E-state index contributed by atoms with van der Waals surface area (Å²) in [5.41, 5.74) is 1.03. The molecule has 82 valence electrons. The molecule has 0 spiro atoms. The first-order chi connectivity index (χ1) is 7.24. The predicted octanol–water partition coefficient (Wildman–Crippen LogP) is 2.11. The number of pyridine rings is 1. The third-order valence-electron chi connectivity index (χ3n) is 3.17. The fraction of sp³-hybridized carbons (Fsp3) is 0.583. The van der Waals surface area contributed by atoms with E-state index in [1.807, 2.05) is 25.3 Å². The van der Waals surface area contributed by atoms with Gasteiger partial charge in [-0.25, -0.2) is 4.98 Å². The molecule has 2 N–H and O–H groups in total. The van der Waals surface area contributed by atoms with Gasteiger partial charge < -0.3 is 10.4 Å². The zero-order valence-electron chi connectivity index (χ0n) is 9.16. The van der Waals surface area contributed by atoms with Gasteiger partial charge in [-0.15, -0.1) is 0 Å². The minimum atomic E-state index is -0.123. The van der Waals surface area contributed by atoms with Crippen molar-refractivity contribution >= 4 is 5.82 Å². The first kappa shape index (κ1) is 10.4. The van der Waals surface area contributed by atoms with Crippen molar-refractivity contribution < 1.29 is 5.11 Å². The van der Waals surface area contributed by atoms with Gasteiger partial charge in [-0.1, -0.05) is 18.9 Å². The van der Waals surface area contributed by atoms with E-state index in [0.29, 0.717) is 0 Å². The smallest absolute Gasteiger partial charge is 0.126 e.